The summed E-state index contributed by atoms with van der Waals surface area (Å²) in [5.74, 6) is -0.576. The Morgan fingerprint density at radius 1 is 1.03 bits per heavy atom. The van der Waals surface area contributed by atoms with Crippen LogP contribution in [0.25, 0.3) is 0 Å². The van der Waals surface area contributed by atoms with Crippen LogP contribution in [-0.2, 0) is 19.5 Å². The second-order valence-corrected chi connectivity index (χ2v) is 9.74. The van der Waals surface area contributed by atoms with Crippen LogP contribution in [-0.4, -0.2) is 64.3 Å². The van der Waals surface area contributed by atoms with Crippen LogP contribution in [0.15, 0.2) is 47.4 Å². The van der Waals surface area contributed by atoms with Gasteiger partial charge in [-0.25, -0.2) is 17.6 Å². The van der Waals surface area contributed by atoms with Gasteiger partial charge in [-0.1, -0.05) is 12.1 Å². The van der Waals surface area contributed by atoms with Crippen molar-refractivity contribution in [3.05, 3.63) is 48.3 Å². The Bertz CT molecular complexity index is 1090. The number of nitrogens with zero attached hydrogens (tertiary/aromatic N) is 1. The SMILES string of the molecule is O=C(Nc1ccccc1F)Nc1cc(S(=O)(=O)N2CCOCC2)ccc1NC[C@H]1CCCO1. The molecule has 2 aliphatic rings. The molecule has 0 spiro atoms. The van der Waals surface area contributed by atoms with Crippen molar-refractivity contribution >= 4 is 33.1 Å². The maximum absolute atomic E-state index is 13.9. The normalized spacial score (nSPS) is 19.2. The quantitative estimate of drug-likeness (QED) is 0.564. The number of amides is 2. The number of ether oxygens (including phenoxy) is 2. The van der Waals surface area contributed by atoms with Crippen molar-refractivity contribution in [2.24, 2.45) is 0 Å². The number of halogens is 1. The molecule has 2 aromatic rings. The van der Waals surface area contributed by atoms with Crippen molar-refractivity contribution in [1.82, 2.24) is 4.31 Å². The molecule has 33 heavy (non-hydrogen) atoms. The van der Waals surface area contributed by atoms with E-state index < -0.39 is 21.9 Å². The smallest absolute Gasteiger partial charge is 0.323 e. The van der Waals surface area contributed by atoms with E-state index in [0.717, 1.165) is 12.8 Å². The van der Waals surface area contributed by atoms with E-state index in [2.05, 4.69) is 16.0 Å². The number of carbonyl (C=O) groups is 1. The first-order valence-electron chi connectivity index (χ1n) is 10.8. The molecular weight excluding hydrogens is 451 g/mol. The molecule has 0 saturated carbocycles. The van der Waals surface area contributed by atoms with Gasteiger partial charge in [-0.15, -0.1) is 0 Å². The average molecular weight is 479 g/mol. The molecule has 0 bridgehead atoms. The Hall–Kier alpha value is -2.73. The number of anilines is 3. The molecule has 2 aromatic carbocycles. The van der Waals surface area contributed by atoms with Crippen molar-refractivity contribution in [2.75, 3.05) is 55.4 Å². The van der Waals surface area contributed by atoms with Crippen LogP contribution in [0.2, 0.25) is 0 Å². The van der Waals surface area contributed by atoms with Gasteiger partial charge in [-0.2, -0.15) is 4.31 Å². The maximum atomic E-state index is 13.9. The minimum Gasteiger partial charge on any atom is -0.381 e. The largest absolute Gasteiger partial charge is 0.381 e. The zero-order chi connectivity index (χ0) is 23.3. The molecule has 0 aliphatic carbocycles. The first-order chi connectivity index (χ1) is 15.9. The Morgan fingerprint density at radius 2 is 1.79 bits per heavy atom. The van der Waals surface area contributed by atoms with Crippen LogP contribution in [0, 0.1) is 5.82 Å². The molecule has 1 atom stereocenters. The van der Waals surface area contributed by atoms with Crippen molar-refractivity contribution in [1.29, 1.82) is 0 Å². The van der Waals surface area contributed by atoms with E-state index >= 15 is 0 Å². The monoisotopic (exact) mass is 478 g/mol. The van der Waals surface area contributed by atoms with E-state index in [4.69, 9.17) is 9.47 Å². The van der Waals surface area contributed by atoms with E-state index in [1.807, 2.05) is 0 Å². The predicted octanol–water partition coefficient (Wildman–Crippen LogP) is 3.08. The van der Waals surface area contributed by atoms with Gasteiger partial charge in [0.15, 0.2) is 0 Å². The van der Waals surface area contributed by atoms with Crippen molar-refractivity contribution in [3.8, 4) is 0 Å². The number of para-hydroxylation sites is 1. The van der Waals surface area contributed by atoms with Gasteiger partial charge in [-0.05, 0) is 43.2 Å². The third-order valence-corrected chi connectivity index (χ3v) is 7.41. The lowest BCUT2D eigenvalue weighted by molar-refractivity contribution is 0.0730. The summed E-state index contributed by atoms with van der Waals surface area (Å²) in [6.45, 7) is 2.40. The highest BCUT2D eigenvalue weighted by molar-refractivity contribution is 7.89. The molecule has 2 fully saturated rings. The Balaban J connectivity index is 1.56. The summed E-state index contributed by atoms with van der Waals surface area (Å²) >= 11 is 0. The van der Waals surface area contributed by atoms with E-state index in [1.165, 1.54) is 34.6 Å². The third-order valence-electron chi connectivity index (χ3n) is 5.51. The summed E-state index contributed by atoms with van der Waals surface area (Å²) in [6, 6.07) is 9.62. The fourth-order valence-corrected chi connectivity index (χ4v) is 5.18. The highest BCUT2D eigenvalue weighted by Gasteiger charge is 2.27. The summed E-state index contributed by atoms with van der Waals surface area (Å²) < 4.78 is 52.3. The summed E-state index contributed by atoms with van der Waals surface area (Å²) in [5.41, 5.74) is 0.812. The average Bonchev–Trinajstić information content (AvgIpc) is 3.34. The van der Waals surface area contributed by atoms with Crippen LogP contribution in [0.1, 0.15) is 12.8 Å². The zero-order valence-electron chi connectivity index (χ0n) is 18.1. The number of hydrogen-bond acceptors (Lipinski definition) is 6. The van der Waals surface area contributed by atoms with Crippen LogP contribution in [0.4, 0.5) is 26.2 Å². The highest BCUT2D eigenvalue weighted by Crippen LogP contribution is 2.29. The molecule has 11 heteroatoms. The minimum absolute atomic E-state index is 0.0148. The van der Waals surface area contributed by atoms with E-state index in [9.17, 15) is 17.6 Å². The lowest BCUT2D eigenvalue weighted by Gasteiger charge is -2.26. The number of benzene rings is 2. The lowest BCUT2D eigenvalue weighted by atomic mass is 10.2. The van der Waals surface area contributed by atoms with Crippen molar-refractivity contribution in [3.63, 3.8) is 0 Å². The number of morpholine rings is 1. The van der Waals surface area contributed by atoms with Crippen LogP contribution in [0.3, 0.4) is 0 Å². The molecule has 3 N–H and O–H groups in total. The van der Waals surface area contributed by atoms with Crippen LogP contribution in [0.5, 0.6) is 0 Å². The molecule has 0 radical (unpaired) electrons. The highest BCUT2D eigenvalue weighted by atomic mass is 32.2. The molecule has 2 heterocycles. The number of hydrogen-bond donors (Lipinski definition) is 3. The van der Waals surface area contributed by atoms with E-state index in [1.54, 1.807) is 12.1 Å². The van der Waals surface area contributed by atoms with Crippen molar-refractivity contribution < 1.29 is 27.1 Å². The van der Waals surface area contributed by atoms with E-state index in [0.29, 0.717) is 32.1 Å². The zero-order valence-corrected chi connectivity index (χ0v) is 18.9. The molecule has 0 aromatic heterocycles. The first kappa shape index (κ1) is 23.4. The van der Waals surface area contributed by atoms with Gasteiger partial charge in [0.05, 0.1) is 41.3 Å². The first-order valence-corrected chi connectivity index (χ1v) is 12.3. The van der Waals surface area contributed by atoms with Gasteiger partial charge in [0.2, 0.25) is 10.0 Å². The standard InChI is InChI=1S/C22H27FN4O5S/c23-18-5-1-2-6-19(18)25-22(28)26-21-14-17(33(29,30)27-9-12-31-13-10-27)7-8-20(21)24-15-16-4-3-11-32-16/h1-2,5-8,14,16,24H,3-4,9-13,15H2,(H2,25,26,28)/t16-/m1/s1. The predicted molar refractivity (Wildman–Crippen MR) is 123 cm³/mol. The Kier molecular flexibility index (Phi) is 7.43. The molecule has 178 valence electrons. The molecule has 2 amide bonds. The number of sulfonamides is 1. The number of urea groups is 1. The van der Waals surface area contributed by atoms with Crippen LogP contribution < -0.4 is 16.0 Å². The Labute approximate surface area is 192 Å². The molecule has 4 rings (SSSR count). The van der Waals surface area contributed by atoms with Gasteiger partial charge >= 0.3 is 6.03 Å². The summed E-state index contributed by atoms with van der Waals surface area (Å²) in [4.78, 5) is 12.6. The van der Waals surface area contributed by atoms with Gasteiger partial charge < -0.3 is 25.4 Å². The topological polar surface area (TPSA) is 109 Å². The van der Waals surface area contributed by atoms with Gasteiger partial charge in [-0.3, -0.25) is 0 Å². The minimum atomic E-state index is -3.76. The number of carbonyl (C=O) groups excluding carboxylic acids is 1. The van der Waals surface area contributed by atoms with Crippen molar-refractivity contribution in [2.45, 2.75) is 23.8 Å². The second-order valence-electron chi connectivity index (χ2n) is 7.80. The fraction of sp³-hybridized carbons (Fsp3) is 0.409. The van der Waals surface area contributed by atoms with Gasteiger partial charge in [0.25, 0.3) is 0 Å². The molecule has 2 aliphatic heterocycles. The van der Waals surface area contributed by atoms with Gasteiger partial charge in [0.1, 0.15) is 5.82 Å². The fourth-order valence-electron chi connectivity index (χ4n) is 3.74. The molecule has 9 nitrogen and oxygen atoms in total. The molecule has 0 unspecified atom stereocenters. The molecule has 2 saturated heterocycles. The molecular formula is C22H27FN4O5S. The maximum Gasteiger partial charge on any atom is 0.323 e. The third kappa shape index (κ3) is 5.80. The second kappa shape index (κ2) is 10.5. The Morgan fingerprint density at radius 3 is 2.52 bits per heavy atom. The summed E-state index contributed by atoms with van der Waals surface area (Å²) in [7, 11) is -3.76. The summed E-state index contributed by atoms with van der Waals surface area (Å²) in [6.07, 6.45) is 1.95. The van der Waals surface area contributed by atoms with Gasteiger partial charge in [0, 0.05) is 26.2 Å². The lowest BCUT2D eigenvalue weighted by Crippen LogP contribution is -2.40. The summed E-state index contributed by atoms with van der Waals surface area (Å²) in [5, 5.41) is 8.32. The van der Waals surface area contributed by atoms with Crippen LogP contribution >= 0.6 is 0 Å². The number of nitrogens with one attached hydrogen (secondary N) is 3. The number of rotatable bonds is 7. The van der Waals surface area contributed by atoms with E-state index in [-0.39, 0.29) is 35.5 Å².